The lowest BCUT2D eigenvalue weighted by molar-refractivity contribution is -0.0143. The fraction of sp³-hybridized carbons (Fsp3) is 1.00. The standard InChI is InChI=1S/C12H22.C2H6/c1-10-7-11(2,3)9-12(8-10)5-4-6-12;1-2/h10H,4-9H2,1-3H3;1-2H3. The van der Waals surface area contributed by atoms with Crippen LogP contribution in [0.1, 0.15) is 73.1 Å². The monoisotopic (exact) mass is 196 g/mol. The van der Waals surface area contributed by atoms with Crippen molar-refractivity contribution in [2.45, 2.75) is 73.1 Å². The molecule has 0 radical (unpaired) electrons. The Morgan fingerprint density at radius 1 is 1.00 bits per heavy atom. The van der Waals surface area contributed by atoms with Crippen molar-refractivity contribution in [1.29, 1.82) is 0 Å². The van der Waals surface area contributed by atoms with Gasteiger partial charge < -0.3 is 0 Å². The van der Waals surface area contributed by atoms with Gasteiger partial charge in [0.15, 0.2) is 0 Å². The summed E-state index contributed by atoms with van der Waals surface area (Å²) in [4.78, 5) is 0. The van der Waals surface area contributed by atoms with E-state index in [1.807, 2.05) is 13.8 Å². The van der Waals surface area contributed by atoms with E-state index in [0.29, 0.717) is 5.41 Å². The van der Waals surface area contributed by atoms with Crippen molar-refractivity contribution in [1.82, 2.24) is 0 Å². The zero-order valence-electron chi connectivity index (χ0n) is 10.8. The molecule has 0 N–H and O–H groups in total. The minimum absolute atomic E-state index is 0.637. The van der Waals surface area contributed by atoms with Crippen LogP contribution in [0.4, 0.5) is 0 Å². The van der Waals surface area contributed by atoms with Crippen molar-refractivity contribution in [3.8, 4) is 0 Å². The van der Waals surface area contributed by atoms with E-state index in [1.54, 1.807) is 0 Å². The molecule has 14 heavy (non-hydrogen) atoms. The molecule has 0 aromatic carbocycles. The molecule has 1 unspecified atom stereocenters. The third-order valence-electron chi connectivity index (χ3n) is 3.95. The fourth-order valence-corrected chi connectivity index (χ4v) is 3.97. The van der Waals surface area contributed by atoms with E-state index in [9.17, 15) is 0 Å². The number of hydrogen-bond donors (Lipinski definition) is 0. The Morgan fingerprint density at radius 3 is 1.93 bits per heavy atom. The van der Waals surface area contributed by atoms with Gasteiger partial charge in [-0.2, -0.15) is 0 Å². The van der Waals surface area contributed by atoms with Gasteiger partial charge in [0.2, 0.25) is 0 Å². The van der Waals surface area contributed by atoms with Crippen LogP contribution in [-0.4, -0.2) is 0 Å². The van der Waals surface area contributed by atoms with E-state index < -0.39 is 0 Å². The summed E-state index contributed by atoms with van der Waals surface area (Å²) in [5.74, 6) is 0.981. The molecule has 0 nitrogen and oxygen atoms in total. The summed E-state index contributed by atoms with van der Waals surface area (Å²) in [6.45, 7) is 11.4. The molecule has 0 aromatic heterocycles. The van der Waals surface area contributed by atoms with Crippen LogP contribution >= 0.6 is 0 Å². The van der Waals surface area contributed by atoms with Gasteiger partial charge in [-0.15, -0.1) is 0 Å². The Hall–Kier alpha value is 0. The van der Waals surface area contributed by atoms with Crippen LogP contribution in [0.15, 0.2) is 0 Å². The fourth-order valence-electron chi connectivity index (χ4n) is 3.97. The Balaban J connectivity index is 0.000000461. The van der Waals surface area contributed by atoms with Gasteiger partial charge in [0.05, 0.1) is 0 Å². The summed E-state index contributed by atoms with van der Waals surface area (Å²) in [5.41, 5.74) is 1.44. The normalized spacial score (nSPS) is 32.8. The summed E-state index contributed by atoms with van der Waals surface area (Å²) in [7, 11) is 0. The molecule has 0 heteroatoms. The summed E-state index contributed by atoms with van der Waals surface area (Å²) in [5, 5.41) is 0. The first-order valence-electron chi connectivity index (χ1n) is 6.52. The quantitative estimate of drug-likeness (QED) is 0.510. The molecule has 0 amide bonds. The zero-order valence-corrected chi connectivity index (χ0v) is 10.8. The van der Waals surface area contributed by atoms with E-state index in [2.05, 4.69) is 20.8 Å². The first kappa shape index (κ1) is 12.1. The number of rotatable bonds is 0. The highest BCUT2D eigenvalue weighted by molar-refractivity contribution is 4.97. The van der Waals surface area contributed by atoms with E-state index in [-0.39, 0.29) is 0 Å². The molecule has 2 rings (SSSR count). The minimum Gasteiger partial charge on any atom is -0.0683 e. The second kappa shape index (κ2) is 4.24. The maximum absolute atomic E-state index is 2.46. The molecule has 2 fully saturated rings. The average Bonchev–Trinajstić information content (AvgIpc) is 2.02. The molecule has 0 saturated heterocycles. The number of hydrogen-bond acceptors (Lipinski definition) is 0. The lowest BCUT2D eigenvalue weighted by Crippen LogP contribution is -2.41. The summed E-state index contributed by atoms with van der Waals surface area (Å²) < 4.78 is 0. The van der Waals surface area contributed by atoms with Crippen molar-refractivity contribution in [2.75, 3.05) is 0 Å². The Labute approximate surface area is 90.5 Å². The van der Waals surface area contributed by atoms with Crippen LogP contribution in [0.5, 0.6) is 0 Å². The van der Waals surface area contributed by atoms with Crippen molar-refractivity contribution in [3.63, 3.8) is 0 Å². The van der Waals surface area contributed by atoms with Gasteiger partial charge in [-0.05, 0) is 48.9 Å². The predicted octanol–water partition coefficient (Wildman–Crippen LogP) is 5.03. The lowest BCUT2D eigenvalue weighted by atomic mass is 9.53. The maximum Gasteiger partial charge on any atom is -0.0290 e. The van der Waals surface area contributed by atoms with Gasteiger partial charge in [0.25, 0.3) is 0 Å². The zero-order chi connectivity index (χ0) is 10.8. The first-order chi connectivity index (χ1) is 6.52. The van der Waals surface area contributed by atoms with Gasteiger partial charge in [-0.25, -0.2) is 0 Å². The third-order valence-corrected chi connectivity index (χ3v) is 3.95. The van der Waals surface area contributed by atoms with E-state index in [0.717, 1.165) is 11.3 Å². The molecule has 0 aromatic rings. The van der Waals surface area contributed by atoms with Crippen molar-refractivity contribution < 1.29 is 0 Å². The third kappa shape index (κ3) is 2.52. The molecule has 84 valence electrons. The van der Waals surface area contributed by atoms with Crippen LogP contribution < -0.4 is 0 Å². The second-order valence-electron chi connectivity index (χ2n) is 6.21. The minimum atomic E-state index is 0.637. The average molecular weight is 196 g/mol. The van der Waals surface area contributed by atoms with Gasteiger partial charge >= 0.3 is 0 Å². The van der Waals surface area contributed by atoms with Gasteiger partial charge in [-0.1, -0.05) is 41.0 Å². The van der Waals surface area contributed by atoms with E-state index >= 15 is 0 Å². The van der Waals surface area contributed by atoms with Crippen LogP contribution in [0, 0.1) is 16.7 Å². The van der Waals surface area contributed by atoms with Crippen LogP contribution in [0.2, 0.25) is 0 Å². The Bertz CT molecular complexity index is 174. The SMILES string of the molecule is CC.CC1CC(C)(C)CC2(CCC2)C1. The van der Waals surface area contributed by atoms with Crippen LogP contribution in [0.3, 0.4) is 0 Å². The molecule has 2 aliphatic rings. The van der Waals surface area contributed by atoms with E-state index in [1.165, 1.54) is 38.5 Å². The molecule has 1 spiro atoms. The summed E-state index contributed by atoms with van der Waals surface area (Å²) in [6.07, 6.45) is 9.04. The largest absolute Gasteiger partial charge is 0.0683 e. The van der Waals surface area contributed by atoms with Gasteiger partial charge in [0, 0.05) is 0 Å². The maximum atomic E-state index is 2.46. The Kier molecular flexibility index (Phi) is 3.66. The van der Waals surface area contributed by atoms with Crippen molar-refractivity contribution in [2.24, 2.45) is 16.7 Å². The highest BCUT2D eigenvalue weighted by atomic mass is 14.5. The van der Waals surface area contributed by atoms with Crippen molar-refractivity contribution in [3.05, 3.63) is 0 Å². The first-order valence-corrected chi connectivity index (χ1v) is 6.52. The summed E-state index contributed by atoms with van der Waals surface area (Å²) in [6, 6.07) is 0. The van der Waals surface area contributed by atoms with Crippen molar-refractivity contribution >= 4 is 0 Å². The topological polar surface area (TPSA) is 0 Å². The lowest BCUT2D eigenvalue weighted by Gasteiger charge is -2.53. The van der Waals surface area contributed by atoms with Gasteiger partial charge in [-0.3, -0.25) is 0 Å². The predicted molar refractivity (Wildman–Crippen MR) is 64.4 cm³/mol. The summed E-state index contributed by atoms with van der Waals surface area (Å²) >= 11 is 0. The molecule has 2 aliphatic carbocycles. The molecule has 0 bridgehead atoms. The molecule has 0 aliphatic heterocycles. The molecule has 1 atom stereocenters. The smallest absolute Gasteiger partial charge is 0.0290 e. The van der Waals surface area contributed by atoms with E-state index in [4.69, 9.17) is 0 Å². The molecule has 2 saturated carbocycles. The molecular formula is C14H28. The second-order valence-corrected chi connectivity index (χ2v) is 6.21. The molecule has 0 heterocycles. The highest BCUT2D eigenvalue weighted by Gasteiger charge is 2.45. The highest BCUT2D eigenvalue weighted by Crippen LogP contribution is 2.58. The van der Waals surface area contributed by atoms with Crippen LogP contribution in [-0.2, 0) is 0 Å². The van der Waals surface area contributed by atoms with Gasteiger partial charge in [0.1, 0.15) is 0 Å². The van der Waals surface area contributed by atoms with Crippen LogP contribution in [0.25, 0.3) is 0 Å². The molecular weight excluding hydrogens is 168 g/mol. The Morgan fingerprint density at radius 2 is 1.57 bits per heavy atom.